The summed E-state index contributed by atoms with van der Waals surface area (Å²) >= 11 is 1.06. The number of nitrogens with one attached hydrogen (secondary N) is 2. The second-order valence-electron chi connectivity index (χ2n) is 4.96. The van der Waals surface area contributed by atoms with Gasteiger partial charge < -0.3 is 20.8 Å². The lowest BCUT2D eigenvalue weighted by molar-refractivity contribution is -0.141. The molecule has 8 heteroatoms. The molecule has 0 radical (unpaired) electrons. The van der Waals surface area contributed by atoms with Gasteiger partial charge in [0.05, 0.1) is 16.0 Å². The van der Waals surface area contributed by atoms with Crippen molar-refractivity contribution < 1.29 is 24.6 Å². The van der Waals surface area contributed by atoms with Gasteiger partial charge in [0.2, 0.25) is 5.91 Å². The quantitative estimate of drug-likeness (QED) is 0.616. The maximum absolute atomic E-state index is 11.9. The van der Waals surface area contributed by atoms with Crippen molar-refractivity contribution in [1.82, 2.24) is 5.32 Å². The van der Waals surface area contributed by atoms with Crippen molar-refractivity contribution in [3.63, 3.8) is 0 Å². The molecule has 1 fully saturated rings. The van der Waals surface area contributed by atoms with Gasteiger partial charge in [0.25, 0.3) is 5.91 Å². The number of aliphatic hydroxyl groups is 1. The fourth-order valence-electron chi connectivity index (χ4n) is 1.70. The molecule has 0 aromatic carbocycles. The molecular formula is C13H16N2O5S. The van der Waals surface area contributed by atoms with Gasteiger partial charge in [-0.1, -0.05) is 0 Å². The minimum absolute atomic E-state index is 0.0591. The van der Waals surface area contributed by atoms with E-state index >= 15 is 0 Å². The van der Waals surface area contributed by atoms with E-state index in [9.17, 15) is 19.5 Å². The highest BCUT2D eigenvalue weighted by Crippen LogP contribution is 2.31. The Kier molecular flexibility index (Phi) is 4.59. The molecule has 2 atom stereocenters. The number of carboxylic acid groups (broad SMARTS) is 1. The van der Waals surface area contributed by atoms with Crippen LogP contribution in [0.2, 0.25) is 0 Å². The zero-order valence-corrected chi connectivity index (χ0v) is 12.1. The maximum Gasteiger partial charge on any atom is 0.328 e. The van der Waals surface area contributed by atoms with Gasteiger partial charge in [0.15, 0.2) is 6.04 Å². The van der Waals surface area contributed by atoms with E-state index in [2.05, 4.69) is 10.6 Å². The number of hydrogen-bond acceptors (Lipinski definition) is 5. The average Bonchev–Trinajstić information content (AvgIpc) is 3.16. The molecule has 2 amide bonds. The van der Waals surface area contributed by atoms with Gasteiger partial charge in [-0.3, -0.25) is 9.59 Å². The summed E-state index contributed by atoms with van der Waals surface area (Å²) in [6.07, 6.45) is 0.568. The van der Waals surface area contributed by atoms with Crippen molar-refractivity contribution in [2.24, 2.45) is 5.92 Å². The molecule has 0 aliphatic heterocycles. The standard InChI is InChI=1S/C13H16N2O5S/c1-6(16)10(13(19)20)15-12(18)8-4-5-9(21-8)14-11(17)7-2-3-7/h4-7,10,16H,2-3H2,1H3,(H,14,17)(H,15,18)(H,19,20). The second kappa shape index (κ2) is 6.23. The normalized spacial score (nSPS) is 16.9. The third kappa shape index (κ3) is 4.02. The number of aliphatic carboxylic acids is 1. The topological polar surface area (TPSA) is 116 Å². The average molecular weight is 312 g/mol. The van der Waals surface area contributed by atoms with Crippen LogP contribution in [0, 0.1) is 5.92 Å². The first-order valence-electron chi connectivity index (χ1n) is 6.51. The molecule has 0 bridgehead atoms. The summed E-state index contributed by atoms with van der Waals surface area (Å²) < 4.78 is 0. The summed E-state index contributed by atoms with van der Waals surface area (Å²) in [4.78, 5) is 34.7. The Morgan fingerprint density at radius 1 is 1.33 bits per heavy atom. The minimum Gasteiger partial charge on any atom is -0.480 e. The molecule has 7 nitrogen and oxygen atoms in total. The highest BCUT2D eigenvalue weighted by Gasteiger charge is 2.30. The van der Waals surface area contributed by atoms with Crippen LogP contribution in [0.3, 0.4) is 0 Å². The van der Waals surface area contributed by atoms with E-state index in [1.54, 1.807) is 6.07 Å². The van der Waals surface area contributed by atoms with Crippen LogP contribution in [0.5, 0.6) is 0 Å². The van der Waals surface area contributed by atoms with Crippen molar-refractivity contribution in [1.29, 1.82) is 0 Å². The number of carboxylic acids is 1. The van der Waals surface area contributed by atoms with Gasteiger partial charge in [0.1, 0.15) is 0 Å². The third-order valence-electron chi connectivity index (χ3n) is 3.06. The van der Waals surface area contributed by atoms with Gasteiger partial charge in [-0.2, -0.15) is 0 Å². The van der Waals surface area contributed by atoms with E-state index in [0.717, 1.165) is 24.2 Å². The van der Waals surface area contributed by atoms with Gasteiger partial charge in [-0.15, -0.1) is 11.3 Å². The molecule has 1 aliphatic rings. The number of hydrogen-bond donors (Lipinski definition) is 4. The fourth-order valence-corrected chi connectivity index (χ4v) is 2.51. The van der Waals surface area contributed by atoms with E-state index in [0.29, 0.717) is 5.00 Å². The van der Waals surface area contributed by atoms with Gasteiger partial charge in [0, 0.05) is 5.92 Å². The van der Waals surface area contributed by atoms with E-state index in [4.69, 9.17) is 5.11 Å². The summed E-state index contributed by atoms with van der Waals surface area (Å²) in [5, 5.41) is 23.7. The number of thiophene rings is 1. The lowest BCUT2D eigenvalue weighted by Gasteiger charge is -2.16. The molecule has 1 aliphatic carbocycles. The number of amides is 2. The van der Waals surface area contributed by atoms with Crippen LogP contribution in [0.4, 0.5) is 5.00 Å². The molecular weight excluding hydrogens is 296 g/mol. The Morgan fingerprint density at radius 2 is 2.00 bits per heavy atom. The number of anilines is 1. The molecule has 2 rings (SSSR count). The predicted octanol–water partition coefficient (Wildman–Crippen LogP) is 0.660. The maximum atomic E-state index is 11.9. The summed E-state index contributed by atoms with van der Waals surface area (Å²) in [7, 11) is 0. The zero-order valence-electron chi connectivity index (χ0n) is 11.3. The minimum atomic E-state index is -1.37. The van der Waals surface area contributed by atoms with Crippen LogP contribution in [0.15, 0.2) is 12.1 Å². The summed E-state index contributed by atoms with van der Waals surface area (Å²) in [5.41, 5.74) is 0. The van der Waals surface area contributed by atoms with Gasteiger partial charge in [-0.05, 0) is 31.9 Å². The number of carbonyl (C=O) groups is 3. The first-order chi connectivity index (χ1) is 9.88. The molecule has 0 spiro atoms. The Hall–Kier alpha value is -1.93. The summed E-state index contributed by atoms with van der Waals surface area (Å²) in [6, 6.07) is 1.73. The molecule has 1 saturated carbocycles. The van der Waals surface area contributed by atoms with Crippen LogP contribution < -0.4 is 10.6 Å². The molecule has 0 saturated heterocycles. The van der Waals surface area contributed by atoms with Gasteiger partial charge >= 0.3 is 5.97 Å². The van der Waals surface area contributed by atoms with Crippen LogP contribution in [-0.2, 0) is 9.59 Å². The van der Waals surface area contributed by atoms with Crippen molar-refractivity contribution in [3.05, 3.63) is 17.0 Å². The van der Waals surface area contributed by atoms with E-state index in [1.165, 1.54) is 13.0 Å². The number of carbonyl (C=O) groups excluding carboxylic acids is 2. The summed E-state index contributed by atoms with van der Waals surface area (Å²) in [6.45, 7) is 1.29. The Morgan fingerprint density at radius 3 is 2.52 bits per heavy atom. The van der Waals surface area contributed by atoms with Gasteiger partial charge in [-0.25, -0.2) is 4.79 Å². The van der Waals surface area contributed by atoms with Crippen molar-refractivity contribution >= 4 is 34.1 Å². The number of rotatable bonds is 6. The van der Waals surface area contributed by atoms with Crippen LogP contribution >= 0.6 is 11.3 Å². The van der Waals surface area contributed by atoms with E-state index < -0.39 is 24.0 Å². The smallest absolute Gasteiger partial charge is 0.328 e. The Labute approximate surface area is 125 Å². The third-order valence-corrected chi connectivity index (χ3v) is 4.06. The highest BCUT2D eigenvalue weighted by atomic mass is 32.1. The van der Waals surface area contributed by atoms with Crippen LogP contribution in [-0.4, -0.2) is 40.1 Å². The SMILES string of the molecule is CC(O)C(NC(=O)c1ccc(NC(=O)C2CC2)s1)C(=O)O. The molecule has 2 unspecified atom stereocenters. The molecule has 21 heavy (non-hydrogen) atoms. The first-order valence-corrected chi connectivity index (χ1v) is 7.32. The van der Waals surface area contributed by atoms with Crippen molar-refractivity contribution in [3.8, 4) is 0 Å². The lowest BCUT2D eigenvalue weighted by atomic mass is 10.2. The summed E-state index contributed by atoms with van der Waals surface area (Å²) in [5.74, 6) is -1.90. The molecule has 114 valence electrons. The molecule has 1 aromatic heterocycles. The Bertz CT molecular complexity index is 565. The van der Waals surface area contributed by atoms with Crippen LogP contribution in [0.25, 0.3) is 0 Å². The fraction of sp³-hybridized carbons (Fsp3) is 0.462. The zero-order chi connectivity index (χ0) is 15.6. The highest BCUT2D eigenvalue weighted by molar-refractivity contribution is 7.18. The number of aliphatic hydroxyl groups excluding tert-OH is 1. The molecule has 1 aromatic rings. The Balaban J connectivity index is 1.97. The molecule has 4 N–H and O–H groups in total. The molecule has 1 heterocycles. The second-order valence-corrected chi connectivity index (χ2v) is 6.04. The van der Waals surface area contributed by atoms with Crippen molar-refractivity contribution in [2.75, 3.05) is 5.32 Å². The largest absolute Gasteiger partial charge is 0.480 e. The first kappa shape index (κ1) is 15.5. The monoisotopic (exact) mass is 312 g/mol. The van der Waals surface area contributed by atoms with E-state index in [-0.39, 0.29) is 16.7 Å². The van der Waals surface area contributed by atoms with E-state index in [1.807, 2.05) is 0 Å². The van der Waals surface area contributed by atoms with Crippen molar-refractivity contribution in [2.45, 2.75) is 31.9 Å². The predicted molar refractivity (Wildman–Crippen MR) is 76.2 cm³/mol. The lowest BCUT2D eigenvalue weighted by Crippen LogP contribution is -2.47. The van der Waals surface area contributed by atoms with Crippen LogP contribution in [0.1, 0.15) is 29.4 Å².